The van der Waals surface area contributed by atoms with Crippen LogP contribution < -0.4 is 10.9 Å². The summed E-state index contributed by atoms with van der Waals surface area (Å²) in [7, 11) is 0. The molecule has 0 bridgehead atoms. The summed E-state index contributed by atoms with van der Waals surface area (Å²) in [5.41, 5.74) is 6.28. The van der Waals surface area contributed by atoms with Crippen molar-refractivity contribution in [2.24, 2.45) is 0 Å². The Balaban J connectivity index is 2.25. The van der Waals surface area contributed by atoms with Crippen molar-refractivity contribution in [1.29, 1.82) is 0 Å². The van der Waals surface area contributed by atoms with Gasteiger partial charge >= 0.3 is 6.01 Å². The molecule has 0 aliphatic carbocycles. The van der Waals surface area contributed by atoms with E-state index in [-0.39, 0.29) is 12.0 Å². The molecule has 0 fully saturated rings. The third-order valence-corrected chi connectivity index (χ3v) is 2.42. The van der Waals surface area contributed by atoms with Gasteiger partial charge in [0.1, 0.15) is 0 Å². The van der Waals surface area contributed by atoms with E-state index < -0.39 is 0 Å². The van der Waals surface area contributed by atoms with Crippen LogP contribution in [-0.4, -0.2) is 26.6 Å². The summed E-state index contributed by atoms with van der Waals surface area (Å²) in [4.78, 5) is 11.8. The molecule has 0 radical (unpaired) electrons. The number of benzene rings is 1. The van der Waals surface area contributed by atoms with E-state index in [1.165, 1.54) is 0 Å². The van der Waals surface area contributed by atoms with Crippen LogP contribution in [0.1, 0.15) is 0 Å². The third kappa shape index (κ3) is 3.64. The molecule has 7 heteroatoms. The predicted molar refractivity (Wildman–Crippen MR) is 73.8 cm³/mol. The second-order valence-corrected chi connectivity index (χ2v) is 4.02. The summed E-state index contributed by atoms with van der Waals surface area (Å²) in [6.45, 7) is 4.10. The maximum absolute atomic E-state index is 9.49. The van der Waals surface area contributed by atoms with Gasteiger partial charge in [0.15, 0.2) is 5.82 Å². The van der Waals surface area contributed by atoms with Gasteiger partial charge in [0.2, 0.25) is 5.95 Å². The topological polar surface area (TPSA) is 83.0 Å². The Morgan fingerprint density at radius 3 is 2.63 bits per heavy atom. The summed E-state index contributed by atoms with van der Waals surface area (Å²) in [5, 5.41) is 10.1. The molecule has 0 unspecified atom stereocenters. The molecule has 3 N–H and O–H groups in total. The number of hydrogen-bond donors (Lipinski definition) is 3. The van der Waals surface area contributed by atoms with Gasteiger partial charge in [-0.3, -0.25) is 5.43 Å². The second kappa shape index (κ2) is 6.12. The number of hydrazine groups is 1. The van der Waals surface area contributed by atoms with Crippen molar-refractivity contribution in [3.8, 4) is 17.4 Å². The summed E-state index contributed by atoms with van der Waals surface area (Å²) in [6.07, 6.45) is 1.67. The van der Waals surface area contributed by atoms with E-state index in [0.29, 0.717) is 17.4 Å². The number of nitrogens with zero attached hydrogens (tertiary/aromatic N) is 3. The lowest BCUT2D eigenvalue weighted by molar-refractivity contribution is 0.429. The fourth-order valence-electron chi connectivity index (χ4n) is 1.35. The second-order valence-electron chi connectivity index (χ2n) is 3.58. The van der Waals surface area contributed by atoms with Crippen molar-refractivity contribution in [2.45, 2.75) is 0 Å². The van der Waals surface area contributed by atoms with Crippen molar-refractivity contribution in [3.05, 3.63) is 41.9 Å². The first-order valence-electron chi connectivity index (χ1n) is 5.50. The van der Waals surface area contributed by atoms with Crippen molar-refractivity contribution in [2.75, 3.05) is 12.0 Å². The number of hydrogen-bond acceptors (Lipinski definition) is 6. The van der Waals surface area contributed by atoms with Gasteiger partial charge in [0.25, 0.3) is 0 Å². The van der Waals surface area contributed by atoms with Crippen LogP contribution in [0.25, 0.3) is 11.4 Å². The average molecular weight is 278 g/mol. The van der Waals surface area contributed by atoms with Gasteiger partial charge in [-0.05, 0) is 24.3 Å². The predicted octanol–water partition coefficient (Wildman–Crippen LogP) is 2.00. The number of aromatic hydroxyl groups is 1. The Bertz CT molecular complexity index is 573. The van der Waals surface area contributed by atoms with Crippen LogP contribution in [0.15, 0.2) is 36.9 Å². The van der Waals surface area contributed by atoms with Crippen LogP contribution >= 0.6 is 11.6 Å². The highest BCUT2D eigenvalue weighted by molar-refractivity contribution is 6.30. The lowest BCUT2D eigenvalue weighted by Crippen LogP contribution is -2.23. The van der Waals surface area contributed by atoms with Crippen molar-refractivity contribution in [3.63, 3.8) is 0 Å². The molecule has 0 saturated carbocycles. The van der Waals surface area contributed by atoms with Gasteiger partial charge in [-0.15, -0.1) is 6.58 Å². The molecular weight excluding hydrogens is 266 g/mol. The average Bonchev–Trinajstić information content (AvgIpc) is 2.39. The van der Waals surface area contributed by atoms with Gasteiger partial charge in [-0.25, -0.2) is 5.43 Å². The zero-order chi connectivity index (χ0) is 13.7. The van der Waals surface area contributed by atoms with Crippen molar-refractivity contribution >= 4 is 17.5 Å². The van der Waals surface area contributed by atoms with E-state index in [0.717, 1.165) is 5.56 Å². The molecule has 0 amide bonds. The first-order chi connectivity index (χ1) is 9.19. The molecule has 19 heavy (non-hydrogen) atoms. The SMILES string of the molecule is C=CCNNc1nc(O)nc(-c2ccc(Cl)cc2)n1. The first-order valence-corrected chi connectivity index (χ1v) is 5.87. The lowest BCUT2D eigenvalue weighted by atomic mass is 10.2. The molecule has 1 aromatic carbocycles. The molecule has 0 spiro atoms. The molecule has 6 nitrogen and oxygen atoms in total. The fourth-order valence-corrected chi connectivity index (χ4v) is 1.48. The fraction of sp³-hybridized carbons (Fsp3) is 0.0833. The number of aromatic nitrogens is 3. The Labute approximate surface area is 115 Å². The first kappa shape index (κ1) is 13.3. The van der Waals surface area contributed by atoms with Crippen LogP contribution in [-0.2, 0) is 0 Å². The van der Waals surface area contributed by atoms with Gasteiger partial charge in [-0.1, -0.05) is 17.7 Å². The largest absolute Gasteiger partial charge is 0.479 e. The van der Waals surface area contributed by atoms with E-state index in [1.54, 1.807) is 30.3 Å². The van der Waals surface area contributed by atoms with E-state index in [9.17, 15) is 5.11 Å². The minimum absolute atomic E-state index is 0.222. The van der Waals surface area contributed by atoms with Crippen molar-refractivity contribution < 1.29 is 5.11 Å². The van der Waals surface area contributed by atoms with Crippen LogP contribution in [0.2, 0.25) is 5.02 Å². The number of halogens is 1. The van der Waals surface area contributed by atoms with Gasteiger partial charge < -0.3 is 5.11 Å². The minimum atomic E-state index is -0.358. The normalized spacial score (nSPS) is 10.2. The Kier molecular flexibility index (Phi) is 4.27. The Morgan fingerprint density at radius 1 is 1.21 bits per heavy atom. The van der Waals surface area contributed by atoms with E-state index in [4.69, 9.17) is 11.6 Å². The number of nitrogens with one attached hydrogen (secondary N) is 2. The molecule has 2 rings (SSSR count). The summed E-state index contributed by atoms with van der Waals surface area (Å²) >= 11 is 5.81. The van der Waals surface area contributed by atoms with Crippen LogP contribution in [0, 0.1) is 0 Å². The molecule has 1 aromatic heterocycles. The van der Waals surface area contributed by atoms with Gasteiger partial charge in [0.05, 0.1) is 0 Å². The monoisotopic (exact) mass is 277 g/mol. The summed E-state index contributed by atoms with van der Waals surface area (Å²) in [6, 6.07) is 6.61. The molecule has 98 valence electrons. The minimum Gasteiger partial charge on any atom is -0.479 e. The Morgan fingerprint density at radius 2 is 1.95 bits per heavy atom. The molecular formula is C12H12ClN5O. The highest BCUT2D eigenvalue weighted by atomic mass is 35.5. The molecule has 0 aliphatic rings. The van der Waals surface area contributed by atoms with Crippen LogP contribution in [0.3, 0.4) is 0 Å². The molecule has 0 aliphatic heterocycles. The quantitative estimate of drug-likeness (QED) is 0.440. The van der Waals surface area contributed by atoms with Crippen molar-refractivity contribution in [1.82, 2.24) is 20.4 Å². The van der Waals surface area contributed by atoms with E-state index >= 15 is 0 Å². The maximum atomic E-state index is 9.49. The molecule has 0 atom stereocenters. The smallest absolute Gasteiger partial charge is 0.319 e. The van der Waals surface area contributed by atoms with Gasteiger partial charge in [0, 0.05) is 17.1 Å². The standard InChI is InChI=1S/C12H12ClN5O/c1-2-7-14-18-11-15-10(16-12(19)17-11)8-3-5-9(13)6-4-8/h2-6,14H,1,7H2,(H2,15,16,17,18,19). The molecule has 1 heterocycles. The molecule has 2 aromatic rings. The van der Waals surface area contributed by atoms with Crippen LogP contribution in [0.5, 0.6) is 6.01 Å². The summed E-state index contributed by atoms with van der Waals surface area (Å²) < 4.78 is 0. The zero-order valence-electron chi connectivity index (χ0n) is 9.97. The Hall–Kier alpha value is -2.18. The number of anilines is 1. The summed E-state index contributed by atoms with van der Waals surface area (Å²) in [5.74, 6) is 0.575. The highest BCUT2D eigenvalue weighted by Gasteiger charge is 2.07. The molecule has 0 saturated heterocycles. The third-order valence-electron chi connectivity index (χ3n) is 2.17. The lowest BCUT2D eigenvalue weighted by Gasteiger charge is -2.06. The zero-order valence-corrected chi connectivity index (χ0v) is 10.7. The van der Waals surface area contributed by atoms with E-state index in [1.807, 2.05) is 0 Å². The van der Waals surface area contributed by atoms with E-state index in [2.05, 4.69) is 32.4 Å². The maximum Gasteiger partial charge on any atom is 0.319 e. The van der Waals surface area contributed by atoms with Crippen LogP contribution in [0.4, 0.5) is 5.95 Å². The number of rotatable bonds is 5. The van der Waals surface area contributed by atoms with Gasteiger partial charge in [-0.2, -0.15) is 15.0 Å². The highest BCUT2D eigenvalue weighted by Crippen LogP contribution is 2.20.